The third-order valence-corrected chi connectivity index (χ3v) is 5.14. The second-order valence-corrected chi connectivity index (χ2v) is 6.08. The molecule has 2 fully saturated rings. The van der Waals surface area contributed by atoms with Crippen molar-refractivity contribution >= 4 is 0 Å². The van der Waals surface area contributed by atoms with Crippen molar-refractivity contribution in [3.63, 3.8) is 0 Å². The zero-order chi connectivity index (χ0) is 11.9. The highest BCUT2D eigenvalue weighted by Gasteiger charge is 2.45. The highest BCUT2D eigenvalue weighted by atomic mass is 16.3. The molecule has 2 nitrogen and oxygen atoms in total. The van der Waals surface area contributed by atoms with Crippen LogP contribution >= 0.6 is 0 Å². The van der Waals surface area contributed by atoms with Crippen LogP contribution in [0.1, 0.15) is 32.1 Å². The summed E-state index contributed by atoms with van der Waals surface area (Å²) < 4.78 is 0. The summed E-state index contributed by atoms with van der Waals surface area (Å²) in [7, 11) is 2.22. The average Bonchev–Trinajstić information content (AvgIpc) is 2.38. The molecule has 0 aromatic rings. The summed E-state index contributed by atoms with van der Waals surface area (Å²) in [5.74, 6) is 0.414. The quantitative estimate of drug-likeness (QED) is 0.694. The first-order chi connectivity index (χ1) is 8.21. The minimum atomic E-state index is -0.100. The second-order valence-electron chi connectivity index (χ2n) is 6.08. The largest absolute Gasteiger partial charge is 0.392 e. The number of nitrogens with zero attached hydrogens (tertiary/aromatic N) is 1. The van der Waals surface area contributed by atoms with E-state index in [0.29, 0.717) is 11.3 Å². The van der Waals surface area contributed by atoms with Crippen LogP contribution in [-0.4, -0.2) is 36.2 Å². The molecule has 1 aliphatic heterocycles. The highest BCUT2D eigenvalue weighted by molar-refractivity contribution is 5.31. The molecule has 0 radical (unpaired) electrons. The molecule has 94 valence electrons. The number of hydrogen-bond donors (Lipinski definition) is 1. The Morgan fingerprint density at radius 1 is 1.29 bits per heavy atom. The van der Waals surface area contributed by atoms with E-state index in [1.807, 2.05) is 0 Å². The maximum Gasteiger partial charge on any atom is 0.0609 e. The van der Waals surface area contributed by atoms with Crippen LogP contribution in [0.2, 0.25) is 0 Å². The van der Waals surface area contributed by atoms with Crippen LogP contribution in [0.15, 0.2) is 23.8 Å². The van der Waals surface area contributed by atoms with E-state index < -0.39 is 0 Å². The minimum Gasteiger partial charge on any atom is -0.392 e. The Balaban J connectivity index is 1.89. The number of allylic oxidation sites excluding steroid dienone is 3. The van der Waals surface area contributed by atoms with Gasteiger partial charge in [-0.3, -0.25) is 0 Å². The average molecular weight is 233 g/mol. The Labute approximate surface area is 104 Å². The second kappa shape index (κ2) is 4.25. The Morgan fingerprint density at radius 2 is 2.06 bits per heavy atom. The van der Waals surface area contributed by atoms with Crippen molar-refractivity contribution in [3.05, 3.63) is 23.8 Å². The molecule has 0 aromatic carbocycles. The van der Waals surface area contributed by atoms with Crippen LogP contribution in [0, 0.1) is 11.3 Å². The fraction of sp³-hybridized carbons (Fsp3) is 0.733. The first-order valence-corrected chi connectivity index (χ1v) is 6.95. The van der Waals surface area contributed by atoms with Crippen molar-refractivity contribution in [1.29, 1.82) is 0 Å². The molecule has 1 saturated heterocycles. The van der Waals surface area contributed by atoms with Crippen molar-refractivity contribution in [2.45, 2.75) is 38.2 Å². The zero-order valence-electron chi connectivity index (χ0n) is 10.7. The van der Waals surface area contributed by atoms with Gasteiger partial charge < -0.3 is 10.0 Å². The van der Waals surface area contributed by atoms with Gasteiger partial charge in [-0.1, -0.05) is 23.8 Å². The summed E-state index contributed by atoms with van der Waals surface area (Å²) in [6, 6.07) is 0. The monoisotopic (exact) mass is 233 g/mol. The number of aliphatic hydroxyl groups excluding tert-OH is 1. The number of hydrogen-bond acceptors (Lipinski definition) is 2. The van der Waals surface area contributed by atoms with Crippen LogP contribution in [0.25, 0.3) is 0 Å². The van der Waals surface area contributed by atoms with E-state index in [2.05, 4.69) is 30.2 Å². The molecule has 0 bridgehead atoms. The molecular formula is C15H23NO. The standard InChI is InChI=1S/C15H23NO/c1-16-10-8-15(9-11-16)7-6-14(17)12-4-2-3-5-13(12)15/h2-3,5,12,14,17H,4,6-11H2,1H3. The van der Waals surface area contributed by atoms with Gasteiger partial charge in [0.15, 0.2) is 0 Å². The Kier molecular flexibility index (Phi) is 2.87. The Morgan fingerprint density at radius 3 is 2.82 bits per heavy atom. The van der Waals surface area contributed by atoms with E-state index >= 15 is 0 Å². The van der Waals surface area contributed by atoms with Gasteiger partial charge in [-0.15, -0.1) is 0 Å². The highest BCUT2D eigenvalue weighted by Crippen LogP contribution is 2.52. The summed E-state index contributed by atoms with van der Waals surface area (Å²) in [6.45, 7) is 2.42. The molecule has 17 heavy (non-hydrogen) atoms. The number of piperidine rings is 1. The zero-order valence-corrected chi connectivity index (χ0v) is 10.7. The molecule has 2 aliphatic carbocycles. The van der Waals surface area contributed by atoms with Crippen LogP contribution in [0.5, 0.6) is 0 Å². The van der Waals surface area contributed by atoms with Crippen LogP contribution in [0.4, 0.5) is 0 Å². The SMILES string of the molecule is CN1CCC2(CCC(O)C3CC=CC=C32)CC1. The van der Waals surface area contributed by atoms with Gasteiger partial charge in [-0.25, -0.2) is 0 Å². The van der Waals surface area contributed by atoms with E-state index in [1.54, 1.807) is 5.57 Å². The molecule has 2 unspecified atom stereocenters. The van der Waals surface area contributed by atoms with E-state index in [4.69, 9.17) is 0 Å². The molecule has 2 heteroatoms. The van der Waals surface area contributed by atoms with E-state index in [9.17, 15) is 5.11 Å². The van der Waals surface area contributed by atoms with E-state index in [-0.39, 0.29) is 6.10 Å². The summed E-state index contributed by atoms with van der Waals surface area (Å²) >= 11 is 0. The van der Waals surface area contributed by atoms with Crippen LogP contribution in [-0.2, 0) is 0 Å². The van der Waals surface area contributed by atoms with Crippen molar-refractivity contribution in [3.8, 4) is 0 Å². The lowest BCUT2D eigenvalue weighted by Crippen LogP contribution is -2.46. The fourth-order valence-corrected chi connectivity index (χ4v) is 3.94. The van der Waals surface area contributed by atoms with Crippen molar-refractivity contribution in [2.24, 2.45) is 11.3 Å². The first-order valence-electron chi connectivity index (χ1n) is 6.95. The summed E-state index contributed by atoms with van der Waals surface area (Å²) in [5.41, 5.74) is 1.98. The lowest BCUT2D eigenvalue weighted by atomic mass is 9.59. The van der Waals surface area contributed by atoms with Crippen molar-refractivity contribution < 1.29 is 5.11 Å². The topological polar surface area (TPSA) is 23.5 Å². The first kappa shape index (κ1) is 11.5. The smallest absolute Gasteiger partial charge is 0.0609 e. The molecule has 1 heterocycles. The van der Waals surface area contributed by atoms with E-state index in [1.165, 1.54) is 32.4 Å². The van der Waals surface area contributed by atoms with Gasteiger partial charge in [0.25, 0.3) is 0 Å². The van der Waals surface area contributed by atoms with Gasteiger partial charge in [-0.05, 0) is 57.7 Å². The number of rotatable bonds is 0. The summed E-state index contributed by atoms with van der Waals surface area (Å²) in [4.78, 5) is 2.44. The number of likely N-dealkylation sites (tertiary alicyclic amines) is 1. The van der Waals surface area contributed by atoms with Gasteiger partial charge in [-0.2, -0.15) is 0 Å². The lowest BCUT2D eigenvalue weighted by Gasteiger charge is -2.50. The van der Waals surface area contributed by atoms with Gasteiger partial charge in [0.2, 0.25) is 0 Å². The van der Waals surface area contributed by atoms with Crippen molar-refractivity contribution in [1.82, 2.24) is 4.90 Å². The molecule has 1 N–H and O–H groups in total. The van der Waals surface area contributed by atoms with Crippen LogP contribution < -0.4 is 0 Å². The third kappa shape index (κ3) is 1.88. The Bertz CT molecular complexity index is 344. The molecule has 0 aromatic heterocycles. The molecule has 1 spiro atoms. The minimum absolute atomic E-state index is 0.100. The molecule has 3 aliphatic rings. The summed E-state index contributed by atoms with van der Waals surface area (Å²) in [6.07, 6.45) is 12.4. The molecule has 0 amide bonds. The molecule has 3 rings (SSSR count). The Hall–Kier alpha value is -0.600. The predicted octanol–water partition coefficient (Wildman–Crippen LogP) is 2.36. The van der Waals surface area contributed by atoms with Crippen LogP contribution in [0.3, 0.4) is 0 Å². The number of fused-ring (bicyclic) bond motifs is 2. The van der Waals surface area contributed by atoms with Gasteiger partial charge in [0, 0.05) is 5.92 Å². The molecule has 1 saturated carbocycles. The lowest BCUT2D eigenvalue weighted by molar-refractivity contribution is 0.0295. The maximum atomic E-state index is 10.2. The molecule has 2 atom stereocenters. The maximum absolute atomic E-state index is 10.2. The van der Waals surface area contributed by atoms with E-state index in [0.717, 1.165) is 12.8 Å². The van der Waals surface area contributed by atoms with Gasteiger partial charge in [0.1, 0.15) is 0 Å². The van der Waals surface area contributed by atoms with Gasteiger partial charge >= 0.3 is 0 Å². The van der Waals surface area contributed by atoms with Gasteiger partial charge in [0.05, 0.1) is 6.10 Å². The molecular weight excluding hydrogens is 210 g/mol. The fourth-order valence-electron chi connectivity index (χ4n) is 3.94. The number of aliphatic hydroxyl groups is 1. The van der Waals surface area contributed by atoms with Crippen molar-refractivity contribution in [2.75, 3.05) is 20.1 Å². The normalized spacial score (nSPS) is 36.7. The third-order valence-electron chi connectivity index (χ3n) is 5.14. The summed E-state index contributed by atoms with van der Waals surface area (Å²) in [5, 5.41) is 10.2. The predicted molar refractivity (Wildman–Crippen MR) is 69.7 cm³/mol.